The first-order valence-corrected chi connectivity index (χ1v) is 6.88. The molecule has 20 heavy (non-hydrogen) atoms. The normalized spacial score (nSPS) is 12.4. The summed E-state index contributed by atoms with van der Waals surface area (Å²) in [6, 6.07) is 6.09. The van der Waals surface area contributed by atoms with Crippen LogP contribution < -0.4 is 11.1 Å². The maximum absolute atomic E-state index is 11.8. The number of benzene rings is 1. The number of phenols is 1. The highest BCUT2D eigenvalue weighted by molar-refractivity contribution is 5.81. The van der Waals surface area contributed by atoms with E-state index < -0.39 is 6.04 Å². The number of hydrogen-bond acceptors (Lipinski definition) is 4. The third-order valence-electron chi connectivity index (χ3n) is 2.73. The first-order valence-electron chi connectivity index (χ1n) is 6.88. The lowest BCUT2D eigenvalue weighted by Gasteiger charge is -2.13. The van der Waals surface area contributed by atoms with Crippen LogP contribution in [0.4, 0.5) is 0 Å². The SMILES string of the molecule is CC(C)COCCNC(=O)[C@@H](N)Cc1ccc(O)cc1. The summed E-state index contributed by atoms with van der Waals surface area (Å²) in [6.07, 6.45) is 0.443. The van der Waals surface area contributed by atoms with Gasteiger partial charge in [-0.15, -0.1) is 0 Å². The number of ether oxygens (including phenoxy) is 1. The molecule has 0 aliphatic heterocycles. The van der Waals surface area contributed by atoms with Crippen LogP contribution >= 0.6 is 0 Å². The molecule has 0 unspecified atom stereocenters. The van der Waals surface area contributed by atoms with Crippen LogP contribution in [0.15, 0.2) is 24.3 Å². The minimum atomic E-state index is -0.593. The molecule has 112 valence electrons. The molecule has 1 aromatic rings. The Morgan fingerprint density at radius 3 is 2.60 bits per heavy atom. The topological polar surface area (TPSA) is 84.6 Å². The predicted octanol–water partition coefficient (Wildman–Crippen LogP) is 1.05. The number of carbonyl (C=O) groups is 1. The average molecular weight is 280 g/mol. The molecular weight excluding hydrogens is 256 g/mol. The highest BCUT2D eigenvalue weighted by atomic mass is 16.5. The lowest BCUT2D eigenvalue weighted by molar-refractivity contribution is -0.122. The highest BCUT2D eigenvalue weighted by Gasteiger charge is 2.13. The Bertz CT molecular complexity index is 404. The Kier molecular flexibility index (Phi) is 7.04. The summed E-state index contributed by atoms with van der Waals surface area (Å²) < 4.78 is 5.37. The van der Waals surface area contributed by atoms with Crippen LogP contribution in [-0.4, -0.2) is 36.8 Å². The molecule has 0 aliphatic rings. The fourth-order valence-corrected chi connectivity index (χ4v) is 1.68. The van der Waals surface area contributed by atoms with Crippen LogP contribution in [0, 0.1) is 5.92 Å². The van der Waals surface area contributed by atoms with Crippen LogP contribution in [0.5, 0.6) is 5.75 Å². The van der Waals surface area contributed by atoms with Gasteiger partial charge in [-0.1, -0.05) is 26.0 Å². The van der Waals surface area contributed by atoms with Crippen molar-refractivity contribution in [2.45, 2.75) is 26.3 Å². The largest absolute Gasteiger partial charge is 0.508 e. The zero-order valence-corrected chi connectivity index (χ0v) is 12.1. The maximum atomic E-state index is 11.8. The Hall–Kier alpha value is -1.59. The van der Waals surface area contributed by atoms with Gasteiger partial charge in [0, 0.05) is 13.2 Å². The van der Waals surface area contributed by atoms with E-state index in [2.05, 4.69) is 19.2 Å². The monoisotopic (exact) mass is 280 g/mol. The average Bonchev–Trinajstić information content (AvgIpc) is 2.40. The quantitative estimate of drug-likeness (QED) is 0.621. The van der Waals surface area contributed by atoms with E-state index in [0.717, 1.165) is 5.56 Å². The molecule has 4 N–H and O–H groups in total. The first-order chi connectivity index (χ1) is 9.49. The van der Waals surface area contributed by atoms with E-state index in [0.29, 0.717) is 32.1 Å². The van der Waals surface area contributed by atoms with E-state index in [4.69, 9.17) is 10.5 Å². The minimum absolute atomic E-state index is 0.189. The smallest absolute Gasteiger partial charge is 0.237 e. The van der Waals surface area contributed by atoms with Crippen molar-refractivity contribution in [1.82, 2.24) is 5.32 Å². The standard InChI is InChI=1S/C15H24N2O3/c1-11(2)10-20-8-7-17-15(19)14(16)9-12-3-5-13(18)6-4-12/h3-6,11,14,18H,7-10,16H2,1-2H3,(H,17,19)/t14-/m0/s1. The zero-order valence-electron chi connectivity index (χ0n) is 12.1. The number of amides is 1. The molecular formula is C15H24N2O3. The predicted molar refractivity (Wildman–Crippen MR) is 78.5 cm³/mol. The van der Waals surface area contributed by atoms with E-state index in [-0.39, 0.29) is 11.7 Å². The summed E-state index contributed by atoms with van der Waals surface area (Å²) in [5, 5.41) is 11.9. The molecule has 0 saturated carbocycles. The van der Waals surface area contributed by atoms with E-state index in [1.54, 1.807) is 24.3 Å². The number of nitrogens with one attached hydrogen (secondary N) is 1. The Morgan fingerprint density at radius 1 is 1.35 bits per heavy atom. The van der Waals surface area contributed by atoms with Crippen molar-refractivity contribution in [1.29, 1.82) is 0 Å². The second-order valence-corrected chi connectivity index (χ2v) is 5.24. The van der Waals surface area contributed by atoms with Gasteiger partial charge in [0.25, 0.3) is 0 Å². The number of carbonyl (C=O) groups excluding carboxylic acids is 1. The third-order valence-corrected chi connectivity index (χ3v) is 2.73. The van der Waals surface area contributed by atoms with Gasteiger partial charge < -0.3 is 20.9 Å². The third kappa shape index (κ3) is 6.54. The van der Waals surface area contributed by atoms with Crippen molar-refractivity contribution in [3.8, 4) is 5.75 Å². The number of rotatable bonds is 8. The van der Waals surface area contributed by atoms with Crippen molar-refractivity contribution >= 4 is 5.91 Å². The summed E-state index contributed by atoms with van der Waals surface area (Å²) in [5.74, 6) is 0.503. The molecule has 5 nitrogen and oxygen atoms in total. The van der Waals surface area contributed by atoms with Crippen LogP contribution in [0.2, 0.25) is 0 Å². The summed E-state index contributed by atoms with van der Waals surface area (Å²) in [7, 11) is 0. The number of phenolic OH excluding ortho intramolecular Hbond substituents is 1. The Morgan fingerprint density at radius 2 is 2.00 bits per heavy atom. The lowest BCUT2D eigenvalue weighted by Crippen LogP contribution is -2.43. The van der Waals surface area contributed by atoms with Gasteiger partial charge in [0.2, 0.25) is 5.91 Å². The molecule has 0 bridgehead atoms. The maximum Gasteiger partial charge on any atom is 0.237 e. The van der Waals surface area contributed by atoms with E-state index in [1.165, 1.54) is 0 Å². The number of hydrogen-bond donors (Lipinski definition) is 3. The van der Waals surface area contributed by atoms with Crippen molar-refractivity contribution in [3.05, 3.63) is 29.8 Å². The van der Waals surface area contributed by atoms with E-state index in [1.807, 2.05) is 0 Å². The summed E-state index contributed by atoms with van der Waals surface area (Å²) in [5.41, 5.74) is 6.75. The number of aromatic hydroxyl groups is 1. The summed E-state index contributed by atoms with van der Waals surface area (Å²) in [4.78, 5) is 11.8. The van der Waals surface area contributed by atoms with Gasteiger partial charge in [0.15, 0.2) is 0 Å². The van der Waals surface area contributed by atoms with Crippen molar-refractivity contribution in [2.24, 2.45) is 11.7 Å². The fourth-order valence-electron chi connectivity index (χ4n) is 1.68. The lowest BCUT2D eigenvalue weighted by atomic mass is 10.1. The fraction of sp³-hybridized carbons (Fsp3) is 0.533. The second kappa shape index (κ2) is 8.55. The Balaban J connectivity index is 2.23. The van der Waals surface area contributed by atoms with Crippen LogP contribution in [0.3, 0.4) is 0 Å². The molecule has 1 rings (SSSR count). The molecule has 0 heterocycles. The Labute approximate surface area is 120 Å². The van der Waals surface area contributed by atoms with Crippen molar-refractivity contribution in [2.75, 3.05) is 19.8 Å². The van der Waals surface area contributed by atoms with E-state index >= 15 is 0 Å². The molecule has 0 aliphatic carbocycles. The van der Waals surface area contributed by atoms with Gasteiger partial charge in [-0.05, 0) is 30.0 Å². The van der Waals surface area contributed by atoms with Gasteiger partial charge in [0.1, 0.15) is 5.75 Å². The summed E-state index contributed by atoms with van der Waals surface area (Å²) in [6.45, 7) is 5.80. The molecule has 1 aromatic carbocycles. The van der Waals surface area contributed by atoms with Crippen molar-refractivity contribution < 1.29 is 14.6 Å². The summed E-state index contributed by atoms with van der Waals surface area (Å²) >= 11 is 0. The van der Waals surface area contributed by atoms with Gasteiger partial charge in [-0.2, -0.15) is 0 Å². The number of nitrogens with two attached hydrogens (primary N) is 1. The molecule has 0 saturated heterocycles. The van der Waals surface area contributed by atoms with Gasteiger partial charge in [-0.3, -0.25) is 4.79 Å². The second-order valence-electron chi connectivity index (χ2n) is 5.24. The molecule has 0 aromatic heterocycles. The van der Waals surface area contributed by atoms with Crippen molar-refractivity contribution in [3.63, 3.8) is 0 Å². The van der Waals surface area contributed by atoms with Gasteiger partial charge in [0.05, 0.1) is 12.6 Å². The van der Waals surface area contributed by atoms with Crippen LogP contribution in [0.25, 0.3) is 0 Å². The highest BCUT2D eigenvalue weighted by Crippen LogP contribution is 2.10. The molecule has 0 radical (unpaired) electrons. The van der Waals surface area contributed by atoms with Crippen LogP contribution in [0.1, 0.15) is 19.4 Å². The molecule has 0 spiro atoms. The molecule has 5 heteroatoms. The molecule has 1 atom stereocenters. The molecule has 1 amide bonds. The van der Waals surface area contributed by atoms with Crippen LogP contribution in [-0.2, 0) is 16.0 Å². The van der Waals surface area contributed by atoms with Gasteiger partial charge >= 0.3 is 0 Å². The minimum Gasteiger partial charge on any atom is -0.508 e. The first kappa shape index (κ1) is 16.5. The molecule has 0 fully saturated rings. The van der Waals surface area contributed by atoms with E-state index in [9.17, 15) is 9.90 Å². The zero-order chi connectivity index (χ0) is 15.0. The van der Waals surface area contributed by atoms with Gasteiger partial charge in [-0.25, -0.2) is 0 Å².